The van der Waals surface area contributed by atoms with Crippen LogP contribution in [0.25, 0.3) is 0 Å². The number of hydrogen-bond acceptors (Lipinski definition) is 2. The Bertz CT molecular complexity index is 303. The van der Waals surface area contributed by atoms with Gasteiger partial charge in [-0.15, -0.1) is 11.3 Å². The van der Waals surface area contributed by atoms with Crippen LogP contribution in [0.3, 0.4) is 0 Å². The fourth-order valence-corrected chi connectivity index (χ4v) is 2.30. The second kappa shape index (κ2) is 3.75. The minimum Gasteiger partial charge on any atom is -0.344 e. The van der Waals surface area contributed by atoms with Crippen molar-refractivity contribution in [3.63, 3.8) is 0 Å². The Morgan fingerprint density at radius 1 is 1.46 bits per heavy atom. The maximum absolute atomic E-state index is 4.34. The maximum Gasteiger partial charge on any atom is 0.115 e. The van der Waals surface area contributed by atoms with Crippen molar-refractivity contribution in [1.29, 1.82) is 0 Å². The van der Waals surface area contributed by atoms with E-state index in [-0.39, 0.29) is 0 Å². The molecule has 2 nitrogen and oxygen atoms in total. The molecule has 0 bridgehead atoms. The molecule has 0 saturated carbocycles. The van der Waals surface area contributed by atoms with E-state index in [0.29, 0.717) is 6.04 Å². The van der Waals surface area contributed by atoms with Crippen molar-refractivity contribution in [2.45, 2.75) is 19.4 Å². The van der Waals surface area contributed by atoms with E-state index >= 15 is 0 Å². The lowest BCUT2D eigenvalue weighted by atomic mass is 10.2. The molecule has 0 fully saturated rings. The summed E-state index contributed by atoms with van der Waals surface area (Å²) in [5.41, 5.74) is 0. The van der Waals surface area contributed by atoms with Crippen molar-refractivity contribution < 1.29 is 0 Å². The lowest BCUT2D eigenvalue weighted by Gasteiger charge is -2.13. The molecule has 2 aromatic rings. The molecule has 0 radical (unpaired) electrons. The van der Waals surface area contributed by atoms with Crippen LogP contribution in [0.5, 0.6) is 0 Å². The summed E-state index contributed by atoms with van der Waals surface area (Å²) in [4.78, 5) is 4.34. The van der Waals surface area contributed by atoms with Gasteiger partial charge in [0.25, 0.3) is 0 Å². The predicted molar refractivity (Wildman–Crippen MR) is 55.0 cm³/mol. The molecule has 0 aliphatic carbocycles. The van der Waals surface area contributed by atoms with Gasteiger partial charge in [-0.3, -0.25) is 0 Å². The van der Waals surface area contributed by atoms with Crippen LogP contribution in [-0.2, 0) is 0 Å². The zero-order chi connectivity index (χ0) is 9.10. The first-order chi connectivity index (χ1) is 6.42. The standard InChI is InChI=1S/C10H12N2S/c1-2-9(10-11-5-8-13-10)12-6-3-4-7-12/h3-9H,2H2,1H3. The molecule has 1 unspecified atom stereocenters. The van der Waals surface area contributed by atoms with Gasteiger partial charge in [-0.2, -0.15) is 0 Å². The van der Waals surface area contributed by atoms with Crippen molar-refractivity contribution in [3.05, 3.63) is 41.1 Å². The average Bonchev–Trinajstić information content (AvgIpc) is 2.76. The molecule has 0 spiro atoms. The van der Waals surface area contributed by atoms with Gasteiger partial charge in [-0.1, -0.05) is 6.92 Å². The summed E-state index contributed by atoms with van der Waals surface area (Å²) in [6, 6.07) is 4.52. The van der Waals surface area contributed by atoms with Crippen LogP contribution in [0.4, 0.5) is 0 Å². The van der Waals surface area contributed by atoms with E-state index in [2.05, 4.69) is 41.0 Å². The monoisotopic (exact) mass is 192 g/mol. The van der Waals surface area contributed by atoms with Gasteiger partial charge in [0, 0.05) is 24.0 Å². The minimum atomic E-state index is 0.412. The van der Waals surface area contributed by atoms with E-state index < -0.39 is 0 Å². The molecule has 3 heteroatoms. The highest BCUT2D eigenvalue weighted by Gasteiger charge is 2.11. The van der Waals surface area contributed by atoms with Gasteiger partial charge in [-0.25, -0.2) is 4.98 Å². The molecule has 0 aliphatic rings. The fourth-order valence-electron chi connectivity index (χ4n) is 1.47. The number of nitrogens with zero attached hydrogens (tertiary/aromatic N) is 2. The topological polar surface area (TPSA) is 17.8 Å². The zero-order valence-electron chi connectivity index (χ0n) is 7.55. The number of rotatable bonds is 3. The summed E-state index contributed by atoms with van der Waals surface area (Å²) < 4.78 is 2.21. The number of hydrogen-bond donors (Lipinski definition) is 0. The highest BCUT2D eigenvalue weighted by atomic mass is 32.1. The van der Waals surface area contributed by atoms with Crippen molar-refractivity contribution in [2.24, 2.45) is 0 Å². The van der Waals surface area contributed by atoms with Gasteiger partial charge in [0.2, 0.25) is 0 Å². The molecular formula is C10H12N2S. The van der Waals surface area contributed by atoms with Crippen LogP contribution in [0, 0.1) is 0 Å². The summed E-state index contributed by atoms with van der Waals surface area (Å²) in [7, 11) is 0. The summed E-state index contributed by atoms with van der Waals surface area (Å²) in [5.74, 6) is 0. The van der Waals surface area contributed by atoms with E-state index in [1.165, 1.54) is 5.01 Å². The van der Waals surface area contributed by atoms with Crippen LogP contribution < -0.4 is 0 Å². The van der Waals surface area contributed by atoms with Crippen LogP contribution in [-0.4, -0.2) is 9.55 Å². The quantitative estimate of drug-likeness (QED) is 0.731. The van der Waals surface area contributed by atoms with E-state index in [0.717, 1.165) is 6.42 Å². The fraction of sp³-hybridized carbons (Fsp3) is 0.300. The van der Waals surface area contributed by atoms with Crippen molar-refractivity contribution in [2.75, 3.05) is 0 Å². The Morgan fingerprint density at radius 2 is 2.23 bits per heavy atom. The Labute approximate surface area is 81.9 Å². The molecule has 2 rings (SSSR count). The Balaban J connectivity index is 2.29. The van der Waals surface area contributed by atoms with Crippen LogP contribution in [0.1, 0.15) is 24.4 Å². The first kappa shape index (κ1) is 8.51. The van der Waals surface area contributed by atoms with Crippen molar-refractivity contribution in [1.82, 2.24) is 9.55 Å². The first-order valence-electron chi connectivity index (χ1n) is 4.43. The van der Waals surface area contributed by atoms with Crippen molar-refractivity contribution in [3.8, 4) is 0 Å². The largest absolute Gasteiger partial charge is 0.344 e. The van der Waals surface area contributed by atoms with E-state index in [1.807, 2.05) is 11.6 Å². The number of aromatic nitrogens is 2. The SMILES string of the molecule is CCC(c1nccs1)n1cccc1. The molecular weight excluding hydrogens is 180 g/mol. The van der Waals surface area contributed by atoms with E-state index in [1.54, 1.807) is 11.3 Å². The molecule has 13 heavy (non-hydrogen) atoms. The Hall–Kier alpha value is -1.09. The molecule has 0 amide bonds. The van der Waals surface area contributed by atoms with Gasteiger partial charge in [-0.05, 0) is 18.6 Å². The molecule has 0 saturated heterocycles. The smallest absolute Gasteiger partial charge is 0.115 e. The molecule has 0 aromatic carbocycles. The molecule has 2 heterocycles. The summed E-state index contributed by atoms with van der Waals surface area (Å²) in [6.07, 6.45) is 7.14. The van der Waals surface area contributed by atoms with Crippen LogP contribution >= 0.6 is 11.3 Å². The normalized spacial score (nSPS) is 13.0. The third-order valence-corrected chi connectivity index (χ3v) is 2.99. The van der Waals surface area contributed by atoms with Crippen molar-refractivity contribution >= 4 is 11.3 Å². The second-order valence-corrected chi connectivity index (χ2v) is 3.85. The van der Waals surface area contributed by atoms with Crippen LogP contribution in [0.2, 0.25) is 0 Å². The van der Waals surface area contributed by atoms with Gasteiger partial charge >= 0.3 is 0 Å². The Kier molecular flexibility index (Phi) is 2.45. The predicted octanol–water partition coefficient (Wildman–Crippen LogP) is 2.94. The average molecular weight is 192 g/mol. The third kappa shape index (κ3) is 1.65. The van der Waals surface area contributed by atoms with Gasteiger partial charge in [0.05, 0.1) is 6.04 Å². The summed E-state index contributed by atoms with van der Waals surface area (Å²) >= 11 is 1.72. The lowest BCUT2D eigenvalue weighted by Crippen LogP contribution is -2.06. The van der Waals surface area contributed by atoms with E-state index in [4.69, 9.17) is 0 Å². The number of thiazole rings is 1. The second-order valence-electron chi connectivity index (χ2n) is 2.92. The van der Waals surface area contributed by atoms with Gasteiger partial charge in [0.15, 0.2) is 0 Å². The van der Waals surface area contributed by atoms with Crippen LogP contribution in [0.15, 0.2) is 36.1 Å². The first-order valence-corrected chi connectivity index (χ1v) is 5.31. The summed E-state index contributed by atoms with van der Waals surface area (Å²) in [6.45, 7) is 2.19. The third-order valence-electron chi connectivity index (χ3n) is 2.11. The lowest BCUT2D eigenvalue weighted by molar-refractivity contribution is 0.566. The molecule has 2 aromatic heterocycles. The molecule has 1 atom stereocenters. The highest BCUT2D eigenvalue weighted by molar-refractivity contribution is 7.09. The summed E-state index contributed by atoms with van der Waals surface area (Å²) in [5, 5.41) is 3.22. The molecule has 0 aliphatic heterocycles. The minimum absolute atomic E-state index is 0.412. The van der Waals surface area contributed by atoms with Gasteiger partial charge < -0.3 is 4.57 Å². The molecule has 0 N–H and O–H groups in total. The molecule has 68 valence electrons. The highest BCUT2D eigenvalue weighted by Crippen LogP contribution is 2.23. The van der Waals surface area contributed by atoms with E-state index in [9.17, 15) is 0 Å². The van der Waals surface area contributed by atoms with Gasteiger partial charge in [0.1, 0.15) is 5.01 Å². The zero-order valence-corrected chi connectivity index (χ0v) is 8.37. The Morgan fingerprint density at radius 3 is 2.77 bits per heavy atom. The maximum atomic E-state index is 4.34.